The summed E-state index contributed by atoms with van der Waals surface area (Å²) in [6.07, 6.45) is 3.79. The third-order valence-corrected chi connectivity index (χ3v) is 1.72. The predicted octanol–water partition coefficient (Wildman–Crippen LogP) is 1.89. The summed E-state index contributed by atoms with van der Waals surface area (Å²) in [4.78, 5) is 4.24. The van der Waals surface area contributed by atoms with Crippen LogP contribution < -0.4 is 0 Å². The van der Waals surface area contributed by atoms with Crippen molar-refractivity contribution in [1.29, 1.82) is 0 Å². The maximum Gasteiger partial charge on any atom is 0.0951 e. The Bertz CT molecular complexity index is 362. The number of hydrogen-bond acceptors (Lipinski definition) is 1. The Morgan fingerprint density at radius 1 is 1.33 bits per heavy atom. The highest BCUT2D eigenvalue weighted by Gasteiger charge is 1.97. The quantitative estimate of drug-likeness (QED) is 0.618. The van der Waals surface area contributed by atoms with Crippen LogP contribution in [-0.2, 0) is 7.05 Å². The summed E-state index contributed by atoms with van der Waals surface area (Å²) >= 11 is 0. The molecule has 2 rings (SSSR count). The van der Waals surface area contributed by atoms with Crippen molar-refractivity contribution in [2.75, 3.05) is 0 Å². The van der Waals surface area contributed by atoms with Gasteiger partial charge in [-0.05, 0) is 6.07 Å². The van der Waals surface area contributed by atoms with E-state index >= 15 is 0 Å². The number of nitrogens with zero attached hydrogens (tertiary/aromatic N) is 2. The molecule has 1 radical (unpaired) electrons. The van der Waals surface area contributed by atoms with Crippen molar-refractivity contribution in [1.82, 2.24) is 9.55 Å². The van der Waals surface area contributed by atoms with E-state index in [0.717, 1.165) is 11.3 Å². The smallest absolute Gasteiger partial charge is 0.0951 e. The lowest BCUT2D eigenvalue weighted by atomic mass is 10.2. The van der Waals surface area contributed by atoms with Gasteiger partial charge in [0, 0.05) is 18.8 Å². The maximum absolute atomic E-state index is 4.24. The highest BCUT2D eigenvalue weighted by atomic mass is 15.0. The first-order valence-electron chi connectivity index (χ1n) is 3.81. The molecule has 0 amide bonds. The molecule has 59 valence electrons. The second kappa shape index (κ2) is 2.81. The molecule has 1 aromatic carbocycles. The molecule has 12 heavy (non-hydrogen) atoms. The van der Waals surface area contributed by atoms with Gasteiger partial charge in [0.05, 0.1) is 12.0 Å². The molecule has 0 saturated carbocycles. The van der Waals surface area contributed by atoms with Gasteiger partial charge >= 0.3 is 0 Å². The molecule has 0 bridgehead atoms. The molecule has 2 aromatic rings. The van der Waals surface area contributed by atoms with Gasteiger partial charge in [0.15, 0.2) is 0 Å². The Morgan fingerprint density at radius 3 is 2.67 bits per heavy atom. The molecule has 2 nitrogen and oxygen atoms in total. The second-order valence-corrected chi connectivity index (χ2v) is 2.71. The van der Waals surface area contributed by atoms with Gasteiger partial charge in [-0.1, -0.05) is 24.3 Å². The van der Waals surface area contributed by atoms with Crippen molar-refractivity contribution in [3.05, 3.63) is 42.9 Å². The van der Waals surface area contributed by atoms with E-state index in [1.807, 2.05) is 42.1 Å². The first-order valence-corrected chi connectivity index (χ1v) is 3.81. The Labute approximate surface area is 71.5 Å². The lowest BCUT2D eigenvalue weighted by Gasteiger charge is -1.92. The van der Waals surface area contributed by atoms with E-state index in [1.165, 1.54) is 0 Å². The molecule has 1 aromatic heterocycles. The number of hydrogen-bond donors (Lipinski definition) is 0. The van der Waals surface area contributed by atoms with Crippen molar-refractivity contribution in [3.8, 4) is 11.3 Å². The van der Waals surface area contributed by atoms with Gasteiger partial charge < -0.3 is 4.57 Å². The second-order valence-electron chi connectivity index (χ2n) is 2.71. The SMILES string of the molecule is Cn1cnc(-c2cc[c]cc2)c1. The first kappa shape index (κ1) is 7.10. The molecule has 0 atom stereocenters. The third kappa shape index (κ3) is 1.23. The van der Waals surface area contributed by atoms with E-state index in [0.29, 0.717) is 0 Å². The highest BCUT2D eigenvalue weighted by molar-refractivity contribution is 5.57. The van der Waals surface area contributed by atoms with Gasteiger partial charge in [-0.15, -0.1) is 0 Å². The van der Waals surface area contributed by atoms with Crippen molar-refractivity contribution in [3.63, 3.8) is 0 Å². The summed E-state index contributed by atoms with van der Waals surface area (Å²) in [6.45, 7) is 0. The van der Waals surface area contributed by atoms with Crippen molar-refractivity contribution < 1.29 is 0 Å². The molecule has 0 spiro atoms. The Hall–Kier alpha value is -1.57. The minimum absolute atomic E-state index is 1.01. The van der Waals surface area contributed by atoms with E-state index in [2.05, 4.69) is 11.1 Å². The molecule has 0 aliphatic heterocycles. The molecule has 0 aliphatic carbocycles. The average molecular weight is 157 g/mol. The van der Waals surface area contributed by atoms with Crippen LogP contribution in [0.1, 0.15) is 0 Å². The van der Waals surface area contributed by atoms with Crippen LogP contribution in [0.25, 0.3) is 11.3 Å². The summed E-state index contributed by atoms with van der Waals surface area (Å²) in [5.41, 5.74) is 2.14. The number of imidazole rings is 1. The van der Waals surface area contributed by atoms with Crippen LogP contribution in [-0.4, -0.2) is 9.55 Å². The minimum atomic E-state index is 1.01. The molecular weight excluding hydrogens is 148 g/mol. The number of rotatable bonds is 1. The maximum atomic E-state index is 4.24. The van der Waals surface area contributed by atoms with Gasteiger partial charge in [-0.3, -0.25) is 0 Å². The molecule has 0 saturated heterocycles. The van der Waals surface area contributed by atoms with Crippen molar-refractivity contribution >= 4 is 0 Å². The lowest BCUT2D eigenvalue weighted by Crippen LogP contribution is -1.78. The van der Waals surface area contributed by atoms with E-state index in [9.17, 15) is 0 Å². The average Bonchev–Trinajstić information content (AvgIpc) is 2.54. The fraction of sp³-hybridized carbons (Fsp3) is 0.100. The van der Waals surface area contributed by atoms with Crippen LogP contribution >= 0.6 is 0 Å². The van der Waals surface area contributed by atoms with Crippen LogP contribution in [0.5, 0.6) is 0 Å². The molecule has 0 aliphatic rings. The van der Waals surface area contributed by atoms with Gasteiger partial charge in [-0.25, -0.2) is 4.98 Å². The largest absolute Gasteiger partial charge is 0.340 e. The summed E-state index contributed by atoms with van der Waals surface area (Å²) < 4.78 is 1.94. The highest BCUT2D eigenvalue weighted by Crippen LogP contribution is 2.14. The zero-order valence-corrected chi connectivity index (χ0v) is 6.86. The monoisotopic (exact) mass is 157 g/mol. The Balaban J connectivity index is 2.45. The van der Waals surface area contributed by atoms with Crippen molar-refractivity contribution in [2.24, 2.45) is 7.05 Å². The molecule has 2 heteroatoms. The summed E-state index contributed by atoms with van der Waals surface area (Å²) in [7, 11) is 1.96. The lowest BCUT2D eigenvalue weighted by molar-refractivity contribution is 0.913. The van der Waals surface area contributed by atoms with Crippen LogP contribution in [0.15, 0.2) is 36.8 Å². The summed E-state index contributed by atoms with van der Waals surface area (Å²) in [6, 6.07) is 10.8. The van der Waals surface area contributed by atoms with Crippen LogP contribution in [0.2, 0.25) is 0 Å². The minimum Gasteiger partial charge on any atom is -0.340 e. The molecule has 1 heterocycles. The fourth-order valence-corrected chi connectivity index (χ4v) is 1.12. The standard InChI is InChI=1S/C10H9N2/c1-12-7-10(11-8-12)9-5-3-2-4-6-9/h3-8H,1H3. The Morgan fingerprint density at radius 2 is 2.08 bits per heavy atom. The van der Waals surface area contributed by atoms with Crippen LogP contribution in [0.3, 0.4) is 0 Å². The van der Waals surface area contributed by atoms with Gasteiger partial charge in [0.1, 0.15) is 0 Å². The van der Waals surface area contributed by atoms with E-state index in [4.69, 9.17) is 0 Å². The number of benzene rings is 1. The third-order valence-electron chi connectivity index (χ3n) is 1.72. The van der Waals surface area contributed by atoms with Crippen LogP contribution in [0.4, 0.5) is 0 Å². The molecular formula is C10H9N2. The summed E-state index contributed by atoms with van der Waals surface area (Å²) in [5, 5.41) is 0. The topological polar surface area (TPSA) is 17.8 Å². The van der Waals surface area contributed by atoms with E-state index in [1.54, 1.807) is 6.33 Å². The Kier molecular flexibility index (Phi) is 1.67. The number of aromatic nitrogens is 2. The van der Waals surface area contributed by atoms with Gasteiger partial charge in [0.2, 0.25) is 0 Å². The zero-order chi connectivity index (χ0) is 8.39. The molecule has 0 unspecified atom stereocenters. The normalized spacial score (nSPS) is 10.1. The van der Waals surface area contributed by atoms with Gasteiger partial charge in [0.25, 0.3) is 0 Å². The van der Waals surface area contributed by atoms with E-state index in [-0.39, 0.29) is 0 Å². The van der Waals surface area contributed by atoms with Gasteiger partial charge in [-0.2, -0.15) is 0 Å². The molecule has 0 fully saturated rings. The molecule has 0 N–H and O–H groups in total. The summed E-state index contributed by atoms with van der Waals surface area (Å²) in [5.74, 6) is 0. The van der Waals surface area contributed by atoms with E-state index < -0.39 is 0 Å². The predicted molar refractivity (Wildman–Crippen MR) is 47.5 cm³/mol. The first-order chi connectivity index (χ1) is 5.86. The van der Waals surface area contributed by atoms with Crippen molar-refractivity contribution in [2.45, 2.75) is 0 Å². The van der Waals surface area contributed by atoms with Crippen LogP contribution in [0, 0.1) is 6.07 Å². The zero-order valence-electron chi connectivity index (χ0n) is 6.86. The fourth-order valence-electron chi connectivity index (χ4n) is 1.12. The number of aryl methyl sites for hydroxylation is 1.